The second-order valence-corrected chi connectivity index (χ2v) is 4.91. The molecule has 0 saturated heterocycles. The van der Waals surface area contributed by atoms with E-state index in [0.29, 0.717) is 24.8 Å². The standard InChI is InChI=1S/C13H14F4/c1-3-8-6-9(13(15,16)17)11(10(14)7-8)12(2)4-5-12/h6-7H,3-5H2,1-2H3. The first-order valence-corrected chi connectivity index (χ1v) is 5.68. The predicted molar refractivity (Wildman–Crippen MR) is 57.4 cm³/mol. The van der Waals surface area contributed by atoms with Gasteiger partial charge in [0, 0.05) is 5.56 Å². The largest absolute Gasteiger partial charge is 0.416 e. The summed E-state index contributed by atoms with van der Waals surface area (Å²) in [6, 6.07) is 2.32. The van der Waals surface area contributed by atoms with Gasteiger partial charge in [0.1, 0.15) is 5.82 Å². The van der Waals surface area contributed by atoms with Crippen LogP contribution in [-0.2, 0) is 18.0 Å². The third kappa shape index (κ3) is 2.17. The van der Waals surface area contributed by atoms with E-state index in [4.69, 9.17) is 0 Å². The van der Waals surface area contributed by atoms with Crippen molar-refractivity contribution in [2.75, 3.05) is 0 Å². The first-order chi connectivity index (χ1) is 7.78. The zero-order valence-electron chi connectivity index (χ0n) is 9.79. The Balaban J connectivity index is 2.64. The van der Waals surface area contributed by atoms with E-state index in [1.807, 2.05) is 0 Å². The van der Waals surface area contributed by atoms with Gasteiger partial charge in [-0.2, -0.15) is 13.2 Å². The molecule has 0 amide bonds. The third-order valence-corrected chi connectivity index (χ3v) is 3.47. The molecule has 0 unspecified atom stereocenters. The number of hydrogen-bond donors (Lipinski definition) is 0. The van der Waals surface area contributed by atoms with Gasteiger partial charge in [-0.25, -0.2) is 4.39 Å². The van der Waals surface area contributed by atoms with Gasteiger partial charge in [-0.05, 0) is 42.4 Å². The molecule has 0 heterocycles. The lowest BCUT2D eigenvalue weighted by Gasteiger charge is -2.19. The molecule has 0 atom stereocenters. The molecule has 0 N–H and O–H groups in total. The van der Waals surface area contributed by atoms with Crippen molar-refractivity contribution in [1.82, 2.24) is 0 Å². The molecule has 1 aliphatic carbocycles. The number of benzene rings is 1. The lowest BCUT2D eigenvalue weighted by Crippen LogP contribution is -2.17. The molecule has 1 aromatic carbocycles. The minimum Gasteiger partial charge on any atom is -0.207 e. The molecule has 0 nitrogen and oxygen atoms in total. The summed E-state index contributed by atoms with van der Waals surface area (Å²) in [7, 11) is 0. The van der Waals surface area contributed by atoms with Crippen LogP contribution in [0.1, 0.15) is 43.4 Å². The summed E-state index contributed by atoms with van der Waals surface area (Å²) in [5, 5.41) is 0. The molecule has 0 bridgehead atoms. The van der Waals surface area contributed by atoms with Gasteiger partial charge in [0.25, 0.3) is 0 Å². The summed E-state index contributed by atoms with van der Waals surface area (Å²) in [4.78, 5) is 0. The Bertz CT molecular complexity index is 441. The van der Waals surface area contributed by atoms with E-state index in [-0.39, 0.29) is 5.56 Å². The van der Waals surface area contributed by atoms with E-state index in [2.05, 4.69) is 0 Å². The van der Waals surface area contributed by atoms with E-state index >= 15 is 0 Å². The number of aryl methyl sites for hydroxylation is 1. The molecule has 94 valence electrons. The minimum atomic E-state index is -4.48. The van der Waals surface area contributed by atoms with Gasteiger partial charge in [0.15, 0.2) is 0 Å². The molecule has 17 heavy (non-hydrogen) atoms. The molecular formula is C13H14F4. The molecule has 2 rings (SSSR count). The van der Waals surface area contributed by atoms with Gasteiger partial charge in [-0.1, -0.05) is 13.8 Å². The highest BCUT2D eigenvalue weighted by Crippen LogP contribution is 2.52. The zero-order chi connectivity index (χ0) is 12.8. The van der Waals surface area contributed by atoms with E-state index in [0.717, 1.165) is 6.07 Å². The lowest BCUT2D eigenvalue weighted by molar-refractivity contribution is -0.138. The fourth-order valence-corrected chi connectivity index (χ4v) is 2.14. The van der Waals surface area contributed by atoms with Crippen molar-refractivity contribution in [2.45, 2.75) is 44.7 Å². The molecule has 0 aliphatic heterocycles. The van der Waals surface area contributed by atoms with Crippen LogP contribution in [0.25, 0.3) is 0 Å². The Kier molecular flexibility index (Phi) is 2.71. The van der Waals surface area contributed by atoms with Crippen LogP contribution in [0.3, 0.4) is 0 Å². The molecule has 0 spiro atoms. The quantitative estimate of drug-likeness (QED) is 0.676. The summed E-state index contributed by atoms with van der Waals surface area (Å²) in [5.74, 6) is -0.711. The van der Waals surface area contributed by atoms with Crippen molar-refractivity contribution in [1.29, 1.82) is 0 Å². The predicted octanol–water partition coefficient (Wildman–Crippen LogP) is 4.46. The molecule has 1 fully saturated rings. The van der Waals surface area contributed by atoms with E-state index < -0.39 is 23.0 Å². The smallest absolute Gasteiger partial charge is 0.207 e. The topological polar surface area (TPSA) is 0 Å². The van der Waals surface area contributed by atoms with Gasteiger partial charge < -0.3 is 0 Å². The highest BCUT2D eigenvalue weighted by atomic mass is 19.4. The van der Waals surface area contributed by atoms with Gasteiger partial charge >= 0.3 is 6.18 Å². The van der Waals surface area contributed by atoms with Crippen molar-refractivity contribution < 1.29 is 17.6 Å². The summed E-state index contributed by atoms with van der Waals surface area (Å²) < 4.78 is 52.7. The zero-order valence-corrected chi connectivity index (χ0v) is 9.79. The second-order valence-electron chi connectivity index (χ2n) is 4.91. The van der Waals surface area contributed by atoms with Crippen molar-refractivity contribution in [3.8, 4) is 0 Å². The Morgan fingerprint density at radius 3 is 2.24 bits per heavy atom. The molecular weight excluding hydrogens is 232 g/mol. The minimum absolute atomic E-state index is 0.151. The first kappa shape index (κ1) is 12.4. The van der Waals surface area contributed by atoms with E-state index in [9.17, 15) is 17.6 Å². The second kappa shape index (κ2) is 3.72. The van der Waals surface area contributed by atoms with Crippen LogP contribution >= 0.6 is 0 Å². The Morgan fingerprint density at radius 2 is 1.82 bits per heavy atom. The fraction of sp³-hybridized carbons (Fsp3) is 0.538. The van der Waals surface area contributed by atoms with Gasteiger partial charge in [0.2, 0.25) is 0 Å². The van der Waals surface area contributed by atoms with E-state index in [1.165, 1.54) is 6.07 Å². The lowest BCUT2D eigenvalue weighted by atomic mass is 9.90. The van der Waals surface area contributed by atoms with Crippen LogP contribution in [0.2, 0.25) is 0 Å². The number of alkyl halides is 3. The summed E-state index contributed by atoms with van der Waals surface area (Å²) in [5.41, 5.74) is -1.18. The normalized spacial score (nSPS) is 18.2. The van der Waals surface area contributed by atoms with Crippen molar-refractivity contribution in [2.24, 2.45) is 0 Å². The number of rotatable bonds is 2. The van der Waals surface area contributed by atoms with Crippen LogP contribution in [0.4, 0.5) is 17.6 Å². The molecule has 0 radical (unpaired) electrons. The highest BCUT2D eigenvalue weighted by Gasteiger charge is 2.47. The van der Waals surface area contributed by atoms with Crippen LogP contribution in [0, 0.1) is 5.82 Å². The molecule has 1 saturated carbocycles. The van der Waals surface area contributed by atoms with Crippen molar-refractivity contribution in [3.63, 3.8) is 0 Å². The van der Waals surface area contributed by atoms with Gasteiger partial charge in [-0.15, -0.1) is 0 Å². The maximum absolute atomic E-state index is 13.9. The fourth-order valence-electron chi connectivity index (χ4n) is 2.14. The molecule has 4 heteroatoms. The average Bonchev–Trinajstić information content (AvgIpc) is 2.94. The average molecular weight is 246 g/mol. The Hall–Kier alpha value is -1.06. The van der Waals surface area contributed by atoms with Gasteiger partial charge in [0.05, 0.1) is 5.56 Å². The number of hydrogen-bond acceptors (Lipinski definition) is 0. The summed E-state index contributed by atoms with van der Waals surface area (Å²) >= 11 is 0. The van der Waals surface area contributed by atoms with Crippen LogP contribution in [0.15, 0.2) is 12.1 Å². The number of halogens is 4. The molecule has 0 aromatic heterocycles. The monoisotopic (exact) mass is 246 g/mol. The summed E-state index contributed by atoms with van der Waals surface area (Å²) in [6.45, 7) is 3.40. The van der Waals surface area contributed by atoms with E-state index in [1.54, 1.807) is 13.8 Å². The maximum atomic E-state index is 13.9. The first-order valence-electron chi connectivity index (χ1n) is 5.68. The third-order valence-electron chi connectivity index (χ3n) is 3.47. The Labute approximate surface area is 97.6 Å². The Morgan fingerprint density at radius 1 is 1.24 bits per heavy atom. The van der Waals surface area contributed by atoms with Crippen LogP contribution in [-0.4, -0.2) is 0 Å². The van der Waals surface area contributed by atoms with Crippen molar-refractivity contribution in [3.05, 3.63) is 34.6 Å². The molecule has 1 aliphatic rings. The van der Waals surface area contributed by atoms with Gasteiger partial charge in [-0.3, -0.25) is 0 Å². The van der Waals surface area contributed by atoms with Crippen LogP contribution < -0.4 is 0 Å². The van der Waals surface area contributed by atoms with Crippen molar-refractivity contribution >= 4 is 0 Å². The molecule has 1 aromatic rings. The van der Waals surface area contributed by atoms with Crippen LogP contribution in [0.5, 0.6) is 0 Å². The SMILES string of the molecule is CCc1cc(F)c(C2(C)CC2)c(C(F)(F)F)c1. The highest BCUT2D eigenvalue weighted by molar-refractivity contribution is 5.43. The maximum Gasteiger partial charge on any atom is 0.416 e. The summed E-state index contributed by atoms with van der Waals surface area (Å²) in [6.07, 6.45) is -2.83.